The van der Waals surface area contributed by atoms with Crippen molar-refractivity contribution in [1.82, 2.24) is 0 Å². The first-order valence-electron chi connectivity index (χ1n) is 7.94. The molecule has 2 nitrogen and oxygen atoms in total. The molecule has 1 atom stereocenters. The smallest absolute Gasteiger partial charge is 0.0376 e. The zero-order valence-electron chi connectivity index (χ0n) is 12.5. The summed E-state index contributed by atoms with van der Waals surface area (Å²) in [5.74, 6) is 0.784. The lowest BCUT2D eigenvalue weighted by Crippen LogP contribution is -2.25. The van der Waals surface area contributed by atoms with Crippen LogP contribution in [0.4, 0.5) is 5.69 Å². The maximum atomic E-state index is 6.16. The van der Waals surface area contributed by atoms with Crippen molar-refractivity contribution < 1.29 is 0 Å². The quantitative estimate of drug-likeness (QED) is 0.809. The number of nitrogens with two attached hydrogens (primary N) is 1. The van der Waals surface area contributed by atoms with Gasteiger partial charge in [-0.1, -0.05) is 48.5 Å². The van der Waals surface area contributed by atoms with Crippen LogP contribution in [0.2, 0.25) is 0 Å². The van der Waals surface area contributed by atoms with Gasteiger partial charge in [-0.2, -0.15) is 0 Å². The molecule has 1 fully saturated rings. The summed E-state index contributed by atoms with van der Waals surface area (Å²) in [4.78, 5) is 0. The zero-order valence-corrected chi connectivity index (χ0v) is 12.5. The third kappa shape index (κ3) is 4.08. The number of anilines is 1. The van der Waals surface area contributed by atoms with Crippen molar-refractivity contribution in [3.05, 3.63) is 65.7 Å². The van der Waals surface area contributed by atoms with Gasteiger partial charge in [-0.3, -0.25) is 0 Å². The van der Waals surface area contributed by atoms with Crippen LogP contribution >= 0.6 is 0 Å². The molecule has 0 spiro atoms. The van der Waals surface area contributed by atoms with Crippen LogP contribution in [0.15, 0.2) is 54.6 Å². The molecular formula is C19H24N2. The first-order chi connectivity index (χ1) is 10.3. The SMILES string of the molecule is NC(CCNc1ccccc1Cc1ccccc1)C1CC1. The topological polar surface area (TPSA) is 38.0 Å². The summed E-state index contributed by atoms with van der Waals surface area (Å²) in [6, 6.07) is 19.6. The Hall–Kier alpha value is -1.80. The normalized spacial score (nSPS) is 15.7. The molecule has 0 aliphatic heterocycles. The standard InChI is InChI=1S/C19H24N2/c20-18(16-10-11-16)12-13-21-19-9-5-4-8-17(19)14-15-6-2-1-3-7-15/h1-9,16,18,21H,10-14,20H2. The Morgan fingerprint density at radius 1 is 1.00 bits per heavy atom. The number of para-hydroxylation sites is 1. The van der Waals surface area contributed by atoms with Crippen LogP contribution in [-0.4, -0.2) is 12.6 Å². The van der Waals surface area contributed by atoms with E-state index in [0.717, 1.165) is 25.3 Å². The molecule has 0 saturated heterocycles. The first-order valence-corrected chi connectivity index (χ1v) is 7.94. The van der Waals surface area contributed by atoms with Crippen LogP contribution in [0.1, 0.15) is 30.4 Å². The first kappa shape index (κ1) is 14.2. The van der Waals surface area contributed by atoms with Crippen LogP contribution in [-0.2, 0) is 6.42 Å². The predicted octanol–water partition coefficient (Wildman–Crippen LogP) is 3.82. The Labute approximate surface area is 127 Å². The Morgan fingerprint density at radius 3 is 2.48 bits per heavy atom. The fourth-order valence-corrected chi connectivity index (χ4v) is 2.80. The van der Waals surface area contributed by atoms with E-state index >= 15 is 0 Å². The fraction of sp³-hybridized carbons (Fsp3) is 0.368. The highest BCUT2D eigenvalue weighted by atomic mass is 14.9. The fourth-order valence-electron chi connectivity index (χ4n) is 2.80. The molecule has 1 unspecified atom stereocenters. The highest BCUT2D eigenvalue weighted by molar-refractivity contribution is 5.52. The molecule has 3 N–H and O–H groups in total. The molecule has 2 aromatic carbocycles. The molecule has 21 heavy (non-hydrogen) atoms. The summed E-state index contributed by atoms with van der Waals surface area (Å²) < 4.78 is 0. The summed E-state index contributed by atoms with van der Waals surface area (Å²) in [6.07, 6.45) is 4.68. The van der Waals surface area contributed by atoms with E-state index < -0.39 is 0 Å². The van der Waals surface area contributed by atoms with Gasteiger partial charge in [-0.25, -0.2) is 0 Å². The lowest BCUT2D eigenvalue weighted by Gasteiger charge is -2.14. The van der Waals surface area contributed by atoms with E-state index in [4.69, 9.17) is 5.73 Å². The average molecular weight is 280 g/mol. The minimum atomic E-state index is 0.374. The van der Waals surface area contributed by atoms with Crippen molar-refractivity contribution >= 4 is 5.69 Å². The van der Waals surface area contributed by atoms with Crippen molar-refractivity contribution in [2.24, 2.45) is 11.7 Å². The molecule has 110 valence electrons. The van der Waals surface area contributed by atoms with Gasteiger partial charge in [0.1, 0.15) is 0 Å². The molecule has 2 heteroatoms. The van der Waals surface area contributed by atoms with Gasteiger partial charge < -0.3 is 11.1 Å². The lowest BCUT2D eigenvalue weighted by atomic mass is 10.0. The van der Waals surface area contributed by atoms with E-state index in [9.17, 15) is 0 Å². The minimum Gasteiger partial charge on any atom is -0.385 e. The number of hydrogen-bond acceptors (Lipinski definition) is 2. The van der Waals surface area contributed by atoms with Crippen molar-refractivity contribution in [3.8, 4) is 0 Å². The molecule has 3 rings (SSSR count). The van der Waals surface area contributed by atoms with Crippen LogP contribution in [0.25, 0.3) is 0 Å². The van der Waals surface area contributed by atoms with E-state index in [-0.39, 0.29) is 0 Å². The van der Waals surface area contributed by atoms with Gasteiger partial charge in [-0.15, -0.1) is 0 Å². The Bertz CT molecular complexity index is 561. The second-order valence-corrected chi connectivity index (χ2v) is 6.04. The zero-order chi connectivity index (χ0) is 14.5. The number of nitrogens with one attached hydrogen (secondary N) is 1. The highest BCUT2D eigenvalue weighted by Crippen LogP contribution is 2.32. The van der Waals surface area contributed by atoms with Gasteiger partial charge >= 0.3 is 0 Å². The van der Waals surface area contributed by atoms with Gasteiger partial charge in [0.2, 0.25) is 0 Å². The van der Waals surface area contributed by atoms with E-state index in [1.54, 1.807) is 0 Å². The molecule has 1 saturated carbocycles. The van der Waals surface area contributed by atoms with Crippen molar-refractivity contribution in [2.75, 3.05) is 11.9 Å². The summed E-state index contributed by atoms with van der Waals surface area (Å²) in [6.45, 7) is 0.962. The molecule has 0 radical (unpaired) electrons. The maximum absolute atomic E-state index is 6.16. The summed E-state index contributed by atoms with van der Waals surface area (Å²) >= 11 is 0. The summed E-state index contributed by atoms with van der Waals surface area (Å²) in [5.41, 5.74) is 10.1. The average Bonchev–Trinajstić information content (AvgIpc) is 3.35. The second-order valence-electron chi connectivity index (χ2n) is 6.04. The van der Waals surface area contributed by atoms with E-state index in [0.29, 0.717) is 6.04 Å². The van der Waals surface area contributed by atoms with Crippen molar-refractivity contribution in [3.63, 3.8) is 0 Å². The van der Waals surface area contributed by atoms with Crippen LogP contribution in [0, 0.1) is 5.92 Å². The second kappa shape index (κ2) is 6.77. The van der Waals surface area contributed by atoms with Gasteiger partial charge in [0.05, 0.1) is 0 Å². The number of rotatable bonds is 7. The molecule has 0 amide bonds. The van der Waals surface area contributed by atoms with Gasteiger partial charge in [0.15, 0.2) is 0 Å². The molecule has 1 aliphatic carbocycles. The Kier molecular flexibility index (Phi) is 4.56. The van der Waals surface area contributed by atoms with E-state index in [1.165, 1.54) is 29.7 Å². The summed E-state index contributed by atoms with van der Waals surface area (Å²) in [5, 5.41) is 3.57. The molecule has 1 aliphatic rings. The van der Waals surface area contributed by atoms with Crippen LogP contribution < -0.4 is 11.1 Å². The molecule has 0 heterocycles. The van der Waals surface area contributed by atoms with Gasteiger partial charge in [0, 0.05) is 18.3 Å². The van der Waals surface area contributed by atoms with Crippen molar-refractivity contribution in [2.45, 2.75) is 31.7 Å². The molecular weight excluding hydrogens is 256 g/mol. The van der Waals surface area contributed by atoms with Crippen LogP contribution in [0.3, 0.4) is 0 Å². The lowest BCUT2D eigenvalue weighted by molar-refractivity contribution is 0.564. The van der Waals surface area contributed by atoms with Gasteiger partial charge in [-0.05, 0) is 48.8 Å². The highest BCUT2D eigenvalue weighted by Gasteiger charge is 2.27. The van der Waals surface area contributed by atoms with Gasteiger partial charge in [0.25, 0.3) is 0 Å². The van der Waals surface area contributed by atoms with E-state index in [1.807, 2.05) is 0 Å². The van der Waals surface area contributed by atoms with Crippen molar-refractivity contribution in [1.29, 1.82) is 0 Å². The largest absolute Gasteiger partial charge is 0.385 e. The summed E-state index contributed by atoms with van der Waals surface area (Å²) in [7, 11) is 0. The Balaban J connectivity index is 1.59. The number of hydrogen-bond donors (Lipinski definition) is 2. The minimum absolute atomic E-state index is 0.374. The Morgan fingerprint density at radius 2 is 1.71 bits per heavy atom. The third-order valence-corrected chi connectivity index (χ3v) is 4.28. The maximum Gasteiger partial charge on any atom is 0.0376 e. The predicted molar refractivity (Wildman–Crippen MR) is 89.5 cm³/mol. The van der Waals surface area contributed by atoms with E-state index in [2.05, 4.69) is 59.9 Å². The molecule has 2 aromatic rings. The molecule has 0 aromatic heterocycles. The van der Waals surface area contributed by atoms with Crippen LogP contribution in [0.5, 0.6) is 0 Å². The molecule has 0 bridgehead atoms. The number of benzene rings is 2. The monoisotopic (exact) mass is 280 g/mol. The third-order valence-electron chi connectivity index (χ3n) is 4.28.